The molecule has 8 nitrogen and oxygen atoms in total. The van der Waals surface area contributed by atoms with E-state index in [2.05, 4.69) is 32.7 Å². The molecule has 2 N–H and O–H groups in total. The molecule has 0 saturated heterocycles. The van der Waals surface area contributed by atoms with Crippen LogP contribution in [0.15, 0.2) is 66.9 Å². The van der Waals surface area contributed by atoms with Gasteiger partial charge in [-0.05, 0) is 97.5 Å². The third-order valence-corrected chi connectivity index (χ3v) is 6.19. The van der Waals surface area contributed by atoms with Crippen molar-refractivity contribution >= 4 is 17.5 Å². The number of benzene rings is 3. The van der Waals surface area contributed by atoms with Gasteiger partial charge in [-0.1, -0.05) is 12.1 Å². The van der Waals surface area contributed by atoms with Gasteiger partial charge in [-0.25, -0.2) is 4.98 Å². The molecule has 1 heterocycles. The van der Waals surface area contributed by atoms with E-state index in [-0.39, 0.29) is 29.3 Å². The highest BCUT2D eigenvalue weighted by Gasteiger charge is 2.27. The van der Waals surface area contributed by atoms with Crippen LogP contribution >= 0.6 is 0 Å². The lowest BCUT2D eigenvalue weighted by Crippen LogP contribution is -2.26. The standard InChI is InChI=1S/C30H24N6O2/c1-18-13-23(22-7-3-20(15-31)4-8-22)14-19(2)27(18)38-29-26(28(37)34-24-11-12-24)17-33-30(36-29)35-25-9-5-21(16-32)6-10-25/h3-10,13-14,17,24H,11-12H2,1-2H3,(H,34,37)(H,33,35,36). The quantitative estimate of drug-likeness (QED) is 0.322. The predicted molar refractivity (Wildman–Crippen MR) is 143 cm³/mol. The van der Waals surface area contributed by atoms with Crippen LogP contribution in [0.25, 0.3) is 11.1 Å². The van der Waals surface area contributed by atoms with Gasteiger partial charge in [-0.3, -0.25) is 4.79 Å². The van der Waals surface area contributed by atoms with Crippen molar-refractivity contribution in [2.45, 2.75) is 32.7 Å². The van der Waals surface area contributed by atoms with Crippen LogP contribution in [0, 0.1) is 36.5 Å². The lowest BCUT2D eigenvalue weighted by atomic mass is 9.99. The van der Waals surface area contributed by atoms with Crippen LogP contribution in [0.1, 0.15) is 45.5 Å². The van der Waals surface area contributed by atoms with Gasteiger partial charge in [0.05, 0.1) is 23.3 Å². The number of nitriles is 2. The number of carbonyl (C=O) groups excluding carboxylic acids is 1. The molecule has 1 aliphatic rings. The van der Waals surface area contributed by atoms with Gasteiger partial charge in [0.15, 0.2) is 0 Å². The molecule has 1 aromatic heterocycles. The minimum atomic E-state index is -0.281. The zero-order valence-corrected chi connectivity index (χ0v) is 20.9. The fraction of sp³-hybridized carbons (Fsp3) is 0.167. The molecule has 0 atom stereocenters. The molecule has 0 unspecified atom stereocenters. The summed E-state index contributed by atoms with van der Waals surface area (Å²) in [6.07, 6.45) is 3.37. The summed E-state index contributed by atoms with van der Waals surface area (Å²) in [5.74, 6) is 0.728. The summed E-state index contributed by atoms with van der Waals surface area (Å²) in [6, 6.07) is 22.7. The van der Waals surface area contributed by atoms with Crippen LogP contribution in [0.2, 0.25) is 0 Å². The Balaban J connectivity index is 1.47. The maximum absolute atomic E-state index is 13.0. The van der Waals surface area contributed by atoms with Gasteiger partial charge in [0.2, 0.25) is 11.8 Å². The number of carbonyl (C=O) groups is 1. The number of amides is 1. The molecule has 3 aromatic carbocycles. The number of hydrogen-bond donors (Lipinski definition) is 2. The van der Waals surface area contributed by atoms with Gasteiger partial charge in [0.1, 0.15) is 11.3 Å². The molecule has 5 rings (SSSR count). The van der Waals surface area contributed by atoms with E-state index < -0.39 is 0 Å². The number of anilines is 2. The van der Waals surface area contributed by atoms with Crippen LogP contribution in [-0.4, -0.2) is 21.9 Å². The topological polar surface area (TPSA) is 124 Å². The number of nitrogens with one attached hydrogen (secondary N) is 2. The molecule has 186 valence electrons. The Kier molecular flexibility index (Phi) is 6.71. The Labute approximate surface area is 220 Å². The average molecular weight is 501 g/mol. The van der Waals surface area contributed by atoms with E-state index in [1.54, 1.807) is 36.4 Å². The summed E-state index contributed by atoms with van der Waals surface area (Å²) in [4.78, 5) is 21.8. The lowest BCUT2D eigenvalue weighted by molar-refractivity contribution is 0.0947. The third-order valence-electron chi connectivity index (χ3n) is 6.19. The maximum Gasteiger partial charge on any atom is 0.258 e. The van der Waals surface area contributed by atoms with Crippen molar-refractivity contribution in [3.8, 4) is 34.9 Å². The normalized spacial score (nSPS) is 12.2. The minimum Gasteiger partial charge on any atom is -0.437 e. The molecule has 0 aliphatic heterocycles. The molecule has 1 aliphatic carbocycles. The van der Waals surface area contributed by atoms with E-state index in [1.807, 2.05) is 38.1 Å². The minimum absolute atomic E-state index is 0.145. The van der Waals surface area contributed by atoms with Crippen molar-refractivity contribution in [3.63, 3.8) is 0 Å². The highest BCUT2D eigenvalue weighted by molar-refractivity contribution is 5.96. The Morgan fingerprint density at radius 1 is 0.921 bits per heavy atom. The van der Waals surface area contributed by atoms with Gasteiger partial charge >= 0.3 is 0 Å². The second-order valence-corrected chi connectivity index (χ2v) is 9.20. The van der Waals surface area contributed by atoms with Crippen molar-refractivity contribution in [1.82, 2.24) is 15.3 Å². The summed E-state index contributed by atoms with van der Waals surface area (Å²) < 4.78 is 6.30. The molecule has 0 spiro atoms. The van der Waals surface area contributed by atoms with Gasteiger partial charge in [-0.15, -0.1) is 0 Å². The van der Waals surface area contributed by atoms with E-state index in [4.69, 9.17) is 15.3 Å². The maximum atomic E-state index is 13.0. The largest absolute Gasteiger partial charge is 0.437 e. The molecule has 0 bridgehead atoms. The SMILES string of the molecule is Cc1cc(-c2ccc(C#N)cc2)cc(C)c1Oc1nc(Nc2ccc(C#N)cc2)ncc1C(=O)NC1CC1. The van der Waals surface area contributed by atoms with Crippen LogP contribution in [-0.2, 0) is 0 Å². The summed E-state index contributed by atoms with van der Waals surface area (Å²) >= 11 is 0. The smallest absolute Gasteiger partial charge is 0.258 e. The molecule has 38 heavy (non-hydrogen) atoms. The Morgan fingerprint density at radius 2 is 1.53 bits per heavy atom. The number of hydrogen-bond acceptors (Lipinski definition) is 7. The average Bonchev–Trinajstić information content (AvgIpc) is 3.75. The van der Waals surface area contributed by atoms with E-state index in [0.29, 0.717) is 22.6 Å². The monoisotopic (exact) mass is 500 g/mol. The number of nitrogens with zero attached hydrogens (tertiary/aromatic N) is 4. The summed E-state index contributed by atoms with van der Waals surface area (Å²) in [6.45, 7) is 3.88. The van der Waals surface area contributed by atoms with Crippen molar-refractivity contribution in [2.24, 2.45) is 0 Å². The predicted octanol–water partition coefficient (Wildman–Crippen LogP) is 5.93. The van der Waals surface area contributed by atoms with Crippen molar-refractivity contribution in [3.05, 3.63) is 94.7 Å². The highest BCUT2D eigenvalue weighted by Crippen LogP contribution is 2.34. The number of ether oxygens (including phenoxy) is 1. The zero-order valence-electron chi connectivity index (χ0n) is 20.9. The number of rotatable bonds is 7. The van der Waals surface area contributed by atoms with Crippen LogP contribution < -0.4 is 15.4 Å². The number of aryl methyl sites for hydroxylation is 2. The molecule has 0 radical (unpaired) electrons. The van der Waals surface area contributed by atoms with Gasteiger partial charge < -0.3 is 15.4 Å². The van der Waals surface area contributed by atoms with Crippen LogP contribution in [0.4, 0.5) is 11.6 Å². The highest BCUT2D eigenvalue weighted by atomic mass is 16.5. The third kappa shape index (κ3) is 5.45. The van der Waals surface area contributed by atoms with Crippen LogP contribution in [0.3, 0.4) is 0 Å². The first-order valence-corrected chi connectivity index (χ1v) is 12.2. The van der Waals surface area contributed by atoms with Crippen molar-refractivity contribution in [2.75, 3.05) is 5.32 Å². The van der Waals surface area contributed by atoms with Gasteiger partial charge in [-0.2, -0.15) is 15.5 Å². The van der Waals surface area contributed by atoms with E-state index >= 15 is 0 Å². The fourth-order valence-corrected chi connectivity index (χ4v) is 4.02. The summed E-state index contributed by atoms with van der Waals surface area (Å²) in [5.41, 5.74) is 5.82. The number of aromatic nitrogens is 2. The zero-order chi connectivity index (χ0) is 26.6. The van der Waals surface area contributed by atoms with Crippen molar-refractivity contribution < 1.29 is 9.53 Å². The first kappa shape index (κ1) is 24.5. The first-order chi connectivity index (χ1) is 18.4. The molecule has 1 saturated carbocycles. The van der Waals surface area contributed by atoms with Gasteiger partial charge in [0, 0.05) is 17.9 Å². The van der Waals surface area contributed by atoms with Gasteiger partial charge in [0.25, 0.3) is 5.91 Å². The second-order valence-electron chi connectivity index (χ2n) is 9.20. The molecule has 8 heteroatoms. The lowest BCUT2D eigenvalue weighted by Gasteiger charge is -2.16. The second kappa shape index (κ2) is 10.4. The summed E-state index contributed by atoms with van der Waals surface area (Å²) in [5, 5.41) is 24.2. The Hall–Kier alpha value is -5.21. The van der Waals surface area contributed by atoms with E-state index in [9.17, 15) is 4.79 Å². The Bertz CT molecular complexity index is 1570. The van der Waals surface area contributed by atoms with Crippen LogP contribution in [0.5, 0.6) is 11.6 Å². The fourth-order valence-electron chi connectivity index (χ4n) is 4.02. The Morgan fingerprint density at radius 3 is 2.11 bits per heavy atom. The van der Waals surface area contributed by atoms with E-state index in [1.165, 1.54) is 6.20 Å². The molecule has 4 aromatic rings. The van der Waals surface area contributed by atoms with Crippen molar-refractivity contribution in [1.29, 1.82) is 10.5 Å². The first-order valence-electron chi connectivity index (χ1n) is 12.2. The molecule has 1 fully saturated rings. The molecule has 1 amide bonds. The summed E-state index contributed by atoms with van der Waals surface area (Å²) in [7, 11) is 0. The van der Waals surface area contributed by atoms with E-state index in [0.717, 1.165) is 35.1 Å². The molecular formula is C30H24N6O2. The molecular weight excluding hydrogens is 476 g/mol.